The van der Waals surface area contributed by atoms with E-state index in [0.717, 1.165) is 30.1 Å². The lowest BCUT2D eigenvalue weighted by molar-refractivity contribution is -0.181. The van der Waals surface area contributed by atoms with Crippen LogP contribution in [0.25, 0.3) is 0 Å². The lowest BCUT2D eigenvalue weighted by Crippen LogP contribution is -2.58. The fourth-order valence-corrected chi connectivity index (χ4v) is 11.5. The topological polar surface area (TPSA) is 26.3 Å². The van der Waals surface area contributed by atoms with Crippen LogP contribution < -0.4 is 0 Å². The third-order valence-corrected chi connectivity index (χ3v) is 13.3. The van der Waals surface area contributed by atoms with Crippen LogP contribution in [0, 0.1) is 50.7 Å². The number of carbonyl (C=O) groups is 1. The average molecular weight is 469 g/mol. The molecule has 0 bridgehead atoms. The zero-order valence-electron chi connectivity index (χ0n) is 23.6. The molecule has 2 spiro atoms. The summed E-state index contributed by atoms with van der Waals surface area (Å²) in [6.07, 6.45) is 17.6. The summed E-state index contributed by atoms with van der Waals surface area (Å²) < 4.78 is 5.90. The van der Waals surface area contributed by atoms with Gasteiger partial charge in [0.25, 0.3) is 0 Å². The van der Waals surface area contributed by atoms with E-state index in [4.69, 9.17) is 4.74 Å². The fourth-order valence-electron chi connectivity index (χ4n) is 11.5. The van der Waals surface area contributed by atoms with E-state index in [0.29, 0.717) is 21.7 Å². The summed E-state index contributed by atoms with van der Waals surface area (Å²) in [6, 6.07) is 0. The third kappa shape index (κ3) is 3.14. The molecule has 0 unspecified atom stereocenters. The molecule has 34 heavy (non-hydrogen) atoms. The highest BCUT2D eigenvalue weighted by Crippen LogP contribution is 2.89. The van der Waals surface area contributed by atoms with Gasteiger partial charge in [-0.3, -0.25) is 4.79 Å². The minimum Gasteiger partial charge on any atom is -0.462 e. The molecule has 5 aliphatic carbocycles. The lowest BCUT2D eigenvalue weighted by atomic mass is 9.41. The van der Waals surface area contributed by atoms with Crippen LogP contribution >= 0.6 is 0 Å². The number of carbonyl (C=O) groups excluding carboxylic acids is 1. The molecular weight excluding hydrogens is 416 g/mol. The molecule has 0 amide bonds. The molecule has 9 atom stereocenters. The second-order valence-corrected chi connectivity index (χ2v) is 14.9. The first kappa shape index (κ1) is 24.9. The molecule has 0 aromatic rings. The van der Waals surface area contributed by atoms with E-state index in [-0.39, 0.29) is 17.5 Å². The quantitative estimate of drug-likeness (QED) is 0.298. The Labute approximate surface area is 210 Å². The second kappa shape index (κ2) is 7.85. The normalized spacial score (nSPS) is 49.1. The Morgan fingerprint density at radius 1 is 0.882 bits per heavy atom. The van der Waals surface area contributed by atoms with E-state index >= 15 is 0 Å². The van der Waals surface area contributed by atoms with Crippen LogP contribution in [0.2, 0.25) is 0 Å². The van der Waals surface area contributed by atoms with Crippen molar-refractivity contribution in [2.24, 2.45) is 50.7 Å². The van der Waals surface area contributed by atoms with Gasteiger partial charge in [-0.05, 0) is 130 Å². The SMILES string of the molecule is CC(=O)O[C@@H]1CC[C@]23C[C@]24CC[C@]2(C)[C@@H]([C@H](C)CCC=C(C)C)CC[C@@]2(C)[C@@H]4CC[C@H]3C1(C)C. The highest BCUT2D eigenvalue weighted by atomic mass is 16.5. The predicted octanol–water partition coefficient (Wildman–Crippen LogP) is 8.74. The van der Waals surface area contributed by atoms with Gasteiger partial charge in [-0.2, -0.15) is 0 Å². The molecule has 5 fully saturated rings. The van der Waals surface area contributed by atoms with Gasteiger partial charge in [0.05, 0.1) is 0 Å². The zero-order valence-corrected chi connectivity index (χ0v) is 23.6. The summed E-state index contributed by atoms with van der Waals surface area (Å²) in [5, 5.41) is 0. The van der Waals surface area contributed by atoms with Crippen molar-refractivity contribution in [2.75, 3.05) is 0 Å². The maximum atomic E-state index is 11.8. The molecule has 0 saturated heterocycles. The minimum atomic E-state index is -0.0927. The molecule has 5 aliphatic rings. The van der Waals surface area contributed by atoms with E-state index in [9.17, 15) is 4.79 Å². The first-order valence-corrected chi connectivity index (χ1v) is 14.6. The first-order chi connectivity index (χ1) is 15.8. The lowest BCUT2D eigenvalue weighted by Gasteiger charge is -2.63. The molecule has 0 aromatic heterocycles. The van der Waals surface area contributed by atoms with Gasteiger partial charge in [0.2, 0.25) is 0 Å². The van der Waals surface area contributed by atoms with Crippen molar-refractivity contribution in [3.8, 4) is 0 Å². The number of hydrogen-bond acceptors (Lipinski definition) is 2. The molecule has 0 N–H and O–H groups in total. The van der Waals surface area contributed by atoms with Crippen LogP contribution in [0.1, 0.15) is 126 Å². The Morgan fingerprint density at radius 3 is 2.24 bits per heavy atom. The van der Waals surface area contributed by atoms with E-state index in [1.807, 2.05) is 0 Å². The summed E-state index contributed by atoms with van der Waals surface area (Å²) in [5.41, 5.74) is 3.71. The van der Waals surface area contributed by atoms with E-state index in [2.05, 4.69) is 54.5 Å². The van der Waals surface area contributed by atoms with Crippen LogP contribution in [0.5, 0.6) is 0 Å². The zero-order chi connectivity index (χ0) is 24.7. The van der Waals surface area contributed by atoms with Crippen LogP contribution in [0.15, 0.2) is 11.6 Å². The molecule has 5 saturated carbocycles. The largest absolute Gasteiger partial charge is 0.462 e. The summed E-state index contributed by atoms with van der Waals surface area (Å²) in [6.45, 7) is 18.9. The van der Waals surface area contributed by atoms with E-state index in [1.165, 1.54) is 69.8 Å². The van der Waals surface area contributed by atoms with Gasteiger partial charge in [-0.25, -0.2) is 0 Å². The monoisotopic (exact) mass is 468 g/mol. The van der Waals surface area contributed by atoms with Crippen molar-refractivity contribution >= 4 is 5.97 Å². The first-order valence-electron chi connectivity index (χ1n) is 14.6. The highest BCUT2D eigenvalue weighted by Gasteiger charge is 2.82. The number of hydrogen-bond donors (Lipinski definition) is 0. The summed E-state index contributed by atoms with van der Waals surface area (Å²) in [7, 11) is 0. The average Bonchev–Trinajstić information content (AvgIpc) is 3.32. The van der Waals surface area contributed by atoms with Crippen molar-refractivity contribution in [1.29, 1.82) is 0 Å². The molecule has 192 valence electrons. The van der Waals surface area contributed by atoms with E-state index < -0.39 is 0 Å². The molecule has 5 rings (SSSR count). The van der Waals surface area contributed by atoms with Gasteiger partial charge in [0, 0.05) is 12.3 Å². The summed E-state index contributed by atoms with van der Waals surface area (Å²) >= 11 is 0. The number of ether oxygens (including phenoxy) is 1. The number of rotatable bonds is 5. The molecule has 2 heteroatoms. The maximum absolute atomic E-state index is 11.8. The Morgan fingerprint density at radius 2 is 1.56 bits per heavy atom. The van der Waals surface area contributed by atoms with Crippen LogP contribution in [-0.4, -0.2) is 12.1 Å². The van der Waals surface area contributed by atoms with Gasteiger partial charge >= 0.3 is 5.97 Å². The second-order valence-electron chi connectivity index (χ2n) is 14.9. The third-order valence-electron chi connectivity index (χ3n) is 13.3. The van der Waals surface area contributed by atoms with Crippen LogP contribution in [0.3, 0.4) is 0 Å². The van der Waals surface area contributed by atoms with Gasteiger partial charge < -0.3 is 4.74 Å². The molecule has 0 aliphatic heterocycles. The molecule has 0 radical (unpaired) electrons. The van der Waals surface area contributed by atoms with Crippen molar-refractivity contribution in [3.05, 3.63) is 11.6 Å². The van der Waals surface area contributed by atoms with Crippen molar-refractivity contribution < 1.29 is 9.53 Å². The van der Waals surface area contributed by atoms with Gasteiger partial charge in [0.1, 0.15) is 6.10 Å². The minimum absolute atomic E-state index is 0.0927. The van der Waals surface area contributed by atoms with Gasteiger partial charge in [-0.15, -0.1) is 0 Å². The Kier molecular flexibility index (Phi) is 5.75. The maximum Gasteiger partial charge on any atom is 0.302 e. The van der Waals surface area contributed by atoms with Crippen molar-refractivity contribution in [3.63, 3.8) is 0 Å². The number of fused-ring (bicyclic) bond motifs is 2. The molecule has 0 heterocycles. The fraction of sp³-hybridized carbons (Fsp3) is 0.906. The molecule has 2 nitrogen and oxygen atoms in total. The number of allylic oxidation sites excluding steroid dienone is 2. The number of esters is 1. The van der Waals surface area contributed by atoms with Crippen LogP contribution in [0.4, 0.5) is 0 Å². The Hall–Kier alpha value is -0.790. The van der Waals surface area contributed by atoms with Crippen molar-refractivity contribution in [2.45, 2.75) is 132 Å². The summed E-state index contributed by atoms with van der Waals surface area (Å²) in [4.78, 5) is 11.8. The van der Waals surface area contributed by atoms with Crippen molar-refractivity contribution in [1.82, 2.24) is 0 Å². The highest BCUT2D eigenvalue weighted by molar-refractivity contribution is 5.66. The Balaban J connectivity index is 1.39. The Bertz CT molecular complexity index is 866. The van der Waals surface area contributed by atoms with Gasteiger partial charge in [0.15, 0.2) is 0 Å². The van der Waals surface area contributed by atoms with E-state index in [1.54, 1.807) is 6.92 Å². The van der Waals surface area contributed by atoms with Gasteiger partial charge in [-0.1, -0.05) is 46.3 Å². The van der Waals surface area contributed by atoms with Crippen LogP contribution in [-0.2, 0) is 9.53 Å². The summed E-state index contributed by atoms with van der Waals surface area (Å²) in [5.74, 6) is 3.27. The molecule has 0 aromatic carbocycles. The smallest absolute Gasteiger partial charge is 0.302 e. The predicted molar refractivity (Wildman–Crippen MR) is 140 cm³/mol. The molecular formula is C32H52O2. The standard InChI is InChI=1S/C32H52O2/c1-21(2)10-9-11-22(3)24-14-16-30(8)26-13-12-25-28(5,6)27(34-23(4)33)15-17-31(25)20-32(26,31)19-18-29(24,30)7/h10,22,24-27H,9,11-20H2,1-8H3/t22-,24-,25+,26+,27-,29-,30+,31-,32+/m1/s1.